The number of rotatable bonds is 2. The standard InChI is InChI=1S/C11H18ClN3O/c1-8-9(10(12)15(3)13-8)6-11(16)4-5-14(2)7-11/h16H,4-7H2,1-3H3. The van der Waals surface area contributed by atoms with Gasteiger partial charge in [0.15, 0.2) is 0 Å². The Morgan fingerprint density at radius 1 is 1.50 bits per heavy atom. The van der Waals surface area contributed by atoms with Crippen LogP contribution in [-0.4, -0.2) is 45.5 Å². The second kappa shape index (κ2) is 4.02. The fraction of sp³-hybridized carbons (Fsp3) is 0.727. The summed E-state index contributed by atoms with van der Waals surface area (Å²) in [6, 6.07) is 0. The van der Waals surface area contributed by atoms with Crippen molar-refractivity contribution < 1.29 is 5.11 Å². The fourth-order valence-corrected chi connectivity index (χ4v) is 2.65. The number of aromatic nitrogens is 2. The molecule has 0 aliphatic carbocycles. The van der Waals surface area contributed by atoms with Gasteiger partial charge in [-0.05, 0) is 20.4 Å². The summed E-state index contributed by atoms with van der Waals surface area (Å²) in [4.78, 5) is 2.14. The molecular weight excluding hydrogens is 226 g/mol. The monoisotopic (exact) mass is 243 g/mol. The average Bonchev–Trinajstić information content (AvgIpc) is 2.63. The number of likely N-dealkylation sites (tertiary alicyclic amines) is 1. The number of nitrogens with zero attached hydrogens (tertiary/aromatic N) is 3. The number of β-amino-alcohol motifs (C(OH)–C–C–N with tert-alkyl or cyclic N) is 1. The molecule has 0 bridgehead atoms. The minimum absolute atomic E-state index is 0.593. The van der Waals surface area contributed by atoms with Gasteiger partial charge in [0.2, 0.25) is 0 Å². The lowest BCUT2D eigenvalue weighted by molar-refractivity contribution is 0.0522. The molecule has 0 saturated carbocycles. The van der Waals surface area contributed by atoms with Gasteiger partial charge in [0.1, 0.15) is 5.15 Å². The van der Waals surface area contributed by atoms with Crippen molar-refractivity contribution in [2.24, 2.45) is 7.05 Å². The Balaban J connectivity index is 2.21. The number of aryl methyl sites for hydroxylation is 2. The summed E-state index contributed by atoms with van der Waals surface area (Å²) < 4.78 is 1.66. The van der Waals surface area contributed by atoms with Crippen LogP contribution in [0.25, 0.3) is 0 Å². The molecule has 1 aliphatic heterocycles. The van der Waals surface area contributed by atoms with Crippen molar-refractivity contribution in [2.75, 3.05) is 20.1 Å². The molecule has 5 heteroatoms. The maximum Gasteiger partial charge on any atom is 0.130 e. The van der Waals surface area contributed by atoms with Crippen molar-refractivity contribution in [2.45, 2.75) is 25.4 Å². The summed E-state index contributed by atoms with van der Waals surface area (Å²) in [5.74, 6) is 0. The lowest BCUT2D eigenvalue weighted by Gasteiger charge is -2.22. The van der Waals surface area contributed by atoms with E-state index < -0.39 is 5.60 Å². The number of halogens is 1. The molecule has 2 heterocycles. The van der Waals surface area contributed by atoms with Crippen LogP contribution in [0.4, 0.5) is 0 Å². The summed E-state index contributed by atoms with van der Waals surface area (Å²) in [6.07, 6.45) is 1.39. The number of aliphatic hydroxyl groups is 1. The molecule has 1 atom stereocenters. The highest BCUT2D eigenvalue weighted by Gasteiger charge is 2.36. The van der Waals surface area contributed by atoms with Crippen LogP contribution in [-0.2, 0) is 13.5 Å². The van der Waals surface area contributed by atoms with Crippen molar-refractivity contribution in [3.8, 4) is 0 Å². The Hall–Kier alpha value is -0.580. The van der Waals surface area contributed by atoms with E-state index in [9.17, 15) is 5.11 Å². The van der Waals surface area contributed by atoms with E-state index in [-0.39, 0.29) is 0 Å². The zero-order valence-corrected chi connectivity index (χ0v) is 10.8. The van der Waals surface area contributed by atoms with Crippen molar-refractivity contribution in [1.29, 1.82) is 0 Å². The third-order valence-electron chi connectivity index (χ3n) is 3.30. The lowest BCUT2D eigenvalue weighted by Crippen LogP contribution is -2.34. The van der Waals surface area contributed by atoms with Crippen molar-refractivity contribution in [1.82, 2.24) is 14.7 Å². The number of hydrogen-bond donors (Lipinski definition) is 1. The van der Waals surface area contributed by atoms with E-state index in [4.69, 9.17) is 11.6 Å². The van der Waals surface area contributed by atoms with Gasteiger partial charge in [-0.1, -0.05) is 11.6 Å². The minimum atomic E-state index is -0.647. The normalized spacial score (nSPS) is 26.6. The van der Waals surface area contributed by atoms with E-state index in [2.05, 4.69) is 10.00 Å². The van der Waals surface area contributed by atoms with Gasteiger partial charge in [0.25, 0.3) is 0 Å². The molecule has 1 unspecified atom stereocenters. The third kappa shape index (κ3) is 2.10. The van der Waals surface area contributed by atoms with Crippen LogP contribution in [0.2, 0.25) is 5.15 Å². The second-order valence-corrected chi connectivity index (χ2v) is 5.23. The Labute approximate surface area is 101 Å². The molecule has 0 aromatic carbocycles. The molecule has 2 rings (SSSR count). The topological polar surface area (TPSA) is 41.3 Å². The van der Waals surface area contributed by atoms with E-state index >= 15 is 0 Å². The molecule has 16 heavy (non-hydrogen) atoms. The van der Waals surface area contributed by atoms with Crippen LogP contribution in [0.15, 0.2) is 0 Å². The van der Waals surface area contributed by atoms with E-state index in [1.54, 1.807) is 4.68 Å². The maximum absolute atomic E-state index is 10.4. The van der Waals surface area contributed by atoms with Crippen LogP contribution in [0.3, 0.4) is 0 Å². The summed E-state index contributed by atoms with van der Waals surface area (Å²) in [5.41, 5.74) is 1.24. The SMILES string of the molecule is Cc1nn(C)c(Cl)c1CC1(O)CCN(C)C1. The van der Waals surface area contributed by atoms with Crippen LogP contribution in [0.5, 0.6) is 0 Å². The summed E-state index contributed by atoms with van der Waals surface area (Å²) >= 11 is 6.17. The van der Waals surface area contributed by atoms with Crippen molar-refractivity contribution >= 4 is 11.6 Å². The molecule has 4 nitrogen and oxygen atoms in total. The van der Waals surface area contributed by atoms with Gasteiger partial charge < -0.3 is 10.0 Å². The first-order valence-corrected chi connectivity index (χ1v) is 5.88. The average molecular weight is 244 g/mol. The first kappa shape index (κ1) is 11.9. The molecule has 0 spiro atoms. The first-order valence-electron chi connectivity index (χ1n) is 5.50. The molecule has 1 aromatic rings. The van der Waals surface area contributed by atoms with Gasteiger partial charge in [0, 0.05) is 32.1 Å². The Morgan fingerprint density at radius 2 is 2.19 bits per heavy atom. The zero-order valence-electron chi connectivity index (χ0n) is 10.00. The van der Waals surface area contributed by atoms with Crippen LogP contribution < -0.4 is 0 Å². The molecule has 1 aromatic heterocycles. The molecule has 1 N–H and O–H groups in total. The van der Waals surface area contributed by atoms with Gasteiger partial charge in [0.05, 0.1) is 11.3 Å². The second-order valence-electron chi connectivity index (χ2n) is 4.87. The molecule has 1 fully saturated rings. The van der Waals surface area contributed by atoms with Gasteiger partial charge in [-0.25, -0.2) is 0 Å². The summed E-state index contributed by atoms with van der Waals surface area (Å²) in [6.45, 7) is 3.58. The van der Waals surface area contributed by atoms with Crippen LogP contribution in [0, 0.1) is 6.92 Å². The van der Waals surface area contributed by atoms with E-state index in [1.165, 1.54) is 0 Å². The van der Waals surface area contributed by atoms with Gasteiger partial charge in [-0.3, -0.25) is 4.68 Å². The third-order valence-corrected chi connectivity index (χ3v) is 3.77. The molecule has 0 radical (unpaired) electrons. The molecule has 1 saturated heterocycles. The van der Waals surface area contributed by atoms with Crippen molar-refractivity contribution in [3.63, 3.8) is 0 Å². The van der Waals surface area contributed by atoms with E-state index in [0.717, 1.165) is 24.2 Å². The van der Waals surface area contributed by atoms with Gasteiger partial charge in [-0.2, -0.15) is 5.10 Å². The predicted molar refractivity (Wildman–Crippen MR) is 63.7 cm³/mol. The predicted octanol–water partition coefficient (Wildman–Crippen LogP) is 0.991. The number of hydrogen-bond acceptors (Lipinski definition) is 3. The minimum Gasteiger partial charge on any atom is -0.388 e. The van der Waals surface area contributed by atoms with E-state index in [0.29, 0.717) is 18.1 Å². The number of likely N-dealkylation sites (N-methyl/N-ethyl adjacent to an activating group) is 1. The lowest BCUT2D eigenvalue weighted by atomic mass is 9.94. The van der Waals surface area contributed by atoms with E-state index in [1.807, 2.05) is 21.0 Å². The van der Waals surface area contributed by atoms with Crippen LogP contribution >= 0.6 is 11.6 Å². The first-order chi connectivity index (χ1) is 7.41. The molecule has 1 aliphatic rings. The smallest absolute Gasteiger partial charge is 0.130 e. The highest BCUT2D eigenvalue weighted by Crippen LogP contribution is 2.29. The Morgan fingerprint density at radius 3 is 2.62 bits per heavy atom. The maximum atomic E-state index is 10.4. The Bertz CT molecular complexity index is 404. The molecule has 0 amide bonds. The summed E-state index contributed by atoms with van der Waals surface area (Å²) in [7, 11) is 3.85. The fourth-order valence-electron chi connectivity index (χ4n) is 2.41. The largest absolute Gasteiger partial charge is 0.388 e. The van der Waals surface area contributed by atoms with Crippen LogP contribution in [0.1, 0.15) is 17.7 Å². The van der Waals surface area contributed by atoms with Gasteiger partial charge >= 0.3 is 0 Å². The molecular formula is C11H18ClN3O. The molecule has 90 valence electrons. The quantitative estimate of drug-likeness (QED) is 0.843. The highest BCUT2D eigenvalue weighted by atomic mass is 35.5. The zero-order chi connectivity index (χ0) is 11.9. The highest BCUT2D eigenvalue weighted by molar-refractivity contribution is 6.30. The Kier molecular flexibility index (Phi) is 2.99. The van der Waals surface area contributed by atoms with Gasteiger partial charge in [-0.15, -0.1) is 0 Å². The van der Waals surface area contributed by atoms with Crippen molar-refractivity contribution in [3.05, 3.63) is 16.4 Å². The summed E-state index contributed by atoms with van der Waals surface area (Å²) in [5, 5.41) is 15.3.